The number of ether oxygens (including phenoxy) is 2. The van der Waals surface area contributed by atoms with Crippen LogP contribution in [-0.4, -0.2) is 129 Å². The Balaban J connectivity index is 2.21. The van der Waals surface area contributed by atoms with Crippen molar-refractivity contribution in [1.82, 2.24) is 25.3 Å². The van der Waals surface area contributed by atoms with Crippen LogP contribution in [0.2, 0.25) is 5.02 Å². The summed E-state index contributed by atoms with van der Waals surface area (Å²) < 4.78 is 11.9. The summed E-state index contributed by atoms with van der Waals surface area (Å²) in [6, 6.07) is 4.70. The number of nitrogens with two attached hydrogens (primary N) is 1. The number of carbonyl (C=O) groups excluding carboxylic acids is 4. The summed E-state index contributed by atoms with van der Waals surface area (Å²) in [5.41, 5.74) is 7.38. The van der Waals surface area contributed by atoms with Gasteiger partial charge in [0.2, 0.25) is 23.6 Å². The summed E-state index contributed by atoms with van der Waals surface area (Å²) in [5, 5.41) is 6.60. The molecule has 0 bridgehead atoms. The zero-order chi connectivity index (χ0) is 38.6. The Morgan fingerprint density at radius 1 is 1.00 bits per heavy atom. The first kappa shape index (κ1) is 44.4. The monoisotopic (exact) mass is 736 g/mol. The van der Waals surface area contributed by atoms with Crippen molar-refractivity contribution in [2.75, 3.05) is 48.5 Å². The molecule has 1 saturated heterocycles. The molecule has 4 amide bonds. The minimum absolute atomic E-state index is 0.0166. The fourth-order valence-corrected chi connectivity index (χ4v) is 7.58. The second kappa shape index (κ2) is 21.1. The van der Waals surface area contributed by atoms with Crippen LogP contribution in [0.3, 0.4) is 0 Å². The van der Waals surface area contributed by atoms with Crippen LogP contribution in [0, 0.1) is 17.8 Å². The number of benzene rings is 1. The number of halogens is 1. The minimum atomic E-state index is -0.965. The molecule has 4 N–H and O–H groups in total. The van der Waals surface area contributed by atoms with E-state index in [2.05, 4.69) is 10.6 Å². The molecule has 1 aromatic carbocycles. The molecule has 1 aliphatic heterocycles. The van der Waals surface area contributed by atoms with Gasteiger partial charge in [-0.05, 0) is 69.8 Å². The molecular formula is C38H65ClN6O6. The SMILES string of the molecule is CC[C@H](C)[C@@H]([C@@H](CC(=O)N1CCC[C@H]1[C@H](OC)[C@@H](C)C(=O)NCCc1ccc(Cl)cc1)OC)N(C)C(=O)[C@H](NC(=O)C(C(C)C)N(C)C)[C@H](C)N. The molecule has 1 aliphatic rings. The largest absolute Gasteiger partial charge is 0.379 e. The van der Waals surface area contributed by atoms with Gasteiger partial charge >= 0.3 is 0 Å². The van der Waals surface area contributed by atoms with E-state index >= 15 is 0 Å². The number of hydrogen-bond acceptors (Lipinski definition) is 8. The highest BCUT2D eigenvalue weighted by Gasteiger charge is 2.43. The van der Waals surface area contributed by atoms with E-state index in [1.807, 2.05) is 82.8 Å². The van der Waals surface area contributed by atoms with E-state index in [0.717, 1.165) is 18.4 Å². The Morgan fingerprint density at radius 2 is 1.63 bits per heavy atom. The lowest BCUT2D eigenvalue weighted by Crippen LogP contribution is -2.62. The number of nitrogens with zero attached hydrogens (tertiary/aromatic N) is 3. The summed E-state index contributed by atoms with van der Waals surface area (Å²) in [5.74, 6) is -1.39. The predicted octanol–water partition coefficient (Wildman–Crippen LogP) is 3.34. The number of rotatable bonds is 20. The maximum atomic E-state index is 14.1. The first-order chi connectivity index (χ1) is 24.0. The van der Waals surface area contributed by atoms with E-state index in [1.54, 1.807) is 33.1 Å². The van der Waals surface area contributed by atoms with Crippen LogP contribution in [0.25, 0.3) is 0 Å². The van der Waals surface area contributed by atoms with Gasteiger partial charge in [-0.25, -0.2) is 0 Å². The normalized spacial score (nSPS) is 19.5. The van der Waals surface area contributed by atoms with Crippen molar-refractivity contribution in [3.05, 3.63) is 34.9 Å². The highest BCUT2D eigenvalue weighted by atomic mass is 35.5. The van der Waals surface area contributed by atoms with Crippen LogP contribution in [0.4, 0.5) is 0 Å². The molecule has 12 nitrogen and oxygen atoms in total. The number of nitrogens with one attached hydrogen (secondary N) is 2. The smallest absolute Gasteiger partial charge is 0.246 e. The van der Waals surface area contributed by atoms with Gasteiger partial charge < -0.3 is 35.6 Å². The van der Waals surface area contributed by atoms with E-state index in [9.17, 15) is 19.2 Å². The van der Waals surface area contributed by atoms with Crippen molar-refractivity contribution in [3.63, 3.8) is 0 Å². The summed E-state index contributed by atoms with van der Waals surface area (Å²) in [6.07, 6.45) is 1.78. The molecule has 290 valence electrons. The molecule has 9 atom stereocenters. The number of amides is 4. The van der Waals surface area contributed by atoms with E-state index in [4.69, 9.17) is 26.8 Å². The third kappa shape index (κ3) is 12.1. The van der Waals surface area contributed by atoms with Crippen molar-refractivity contribution >= 4 is 35.2 Å². The quantitative estimate of drug-likeness (QED) is 0.185. The Morgan fingerprint density at radius 3 is 2.14 bits per heavy atom. The second-order valence-electron chi connectivity index (χ2n) is 14.8. The Bertz CT molecular complexity index is 1260. The van der Waals surface area contributed by atoms with E-state index < -0.39 is 42.3 Å². The minimum Gasteiger partial charge on any atom is -0.379 e. The lowest BCUT2D eigenvalue weighted by molar-refractivity contribution is -0.147. The standard InChI is InChI=1S/C38H65ClN6O6/c1-12-24(4)34(44(9)38(49)32(26(6)40)42-37(48)33(23(2)3)43(7)8)30(50-10)22-31(46)45-21-13-14-29(45)35(51-11)25(5)36(47)41-20-19-27-15-17-28(39)18-16-27/h15-18,23-26,29-30,32-35H,12-14,19-22,40H2,1-11H3,(H,41,47)(H,42,48)/t24-,25+,26-,29-,30+,32+,33?,34-,35+/m0/s1. The Labute approximate surface area is 311 Å². The van der Waals surface area contributed by atoms with Crippen LogP contribution in [0.5, 0.6) is 0 Å². The van der Waals surface area contributed by atoms with Gasteiger partial charge in [0.05, 0.1) is 42.7 Å². The van der Waals surface area contributed by atoms with E-state index in [1.165, 1.54) is 0 Å². The molecule has 0 saturated carbocycles. The molecule has 0 radical (unpaired) electrons. The van der Waals surface area contributed by atoms with Gasteiger partial charge in [-0.15, -0.1) is 0 Å². The van der Waals surface area contributed by atoms with Gasteiger partial charge in [0, 0.05) is 45.4 Å². The molecule has 51 heavy (non-hydrogen) atoms. The summed E-state index contributed by atoms with van der Waals surface area (Å²) in [4.78, 5) is 60.0. The summed E-state index contributed by atoms with van der Waals surface area (Å²) in [7, 11) is 8.48. The first-order valence-electron chi connectivity index (χ1n) is 18.4. The Kier molecular flexibility index (Phi) is 18.3. The Hall–Kier alpha value is -2.77. The molecular weight excluding hydrogens is 672 g/mol. The fraction of sp³-hybridized carbons (Fsp3) is 0.737. The van der Waals surface area contributed by atoms with E-state index in [0.29, 0.717) is 31.0 Å². The number of likely N-dealkylation sites (tertiary alicyclic amines) is 1. The van der Waals surface area contributed by atoms with Crippen molar-refractivity contribution in [3.8, 4) is 0 Å². The van der Waals surface area contributed by atoms with Gasteiger partial charge in [0.25, 0.3) is 0 Å². The number of carbonyl (C=O) groups is 4. The van der Waals surface area contributed by atoms with Gasteiger partial charge in [0.1, 0.15) is 6.04 Å². The van der Waals surface area contributed by atoms with Crippen LogP contribution >= 0.6 is 11.6 Å². The van der Waals surface area contributed by atoms with Gasteiger partial charge in [-0.2, -0.15) is 0 Å². The summed E-state index contributed by atoms with van der Waals surface area (Å²) in [6.45, 7) is 12.5. The molecule has 2 rings (SSSR count). The number of likely N-dealkylation sites (N-methyl/N-ethyl adjacent to an activating group) is 2. The zero-order valence-corrected chi connectivity index (χ0v) is 33.5. The van der Waals surface area contributed by atoms with Crippen LogP contribution in [0.1, 0.15) is 72.8 Å². The molecule has 13 heteroatoms. The van der Waals surface area contributed by atoms with E-state index in [-0.39, 0.29) is 47.9 Å². The summed E-state index contributed by atoms with van der Waals surface area (Å²) >= 11 is 5.99. The third-order valence-corrected chi connectivity index (χ3v) is 10.7. The lowest BCUT2D eigenvalue weighted by atomic mass is 9.89. The van der Waals surface area contributed by atoms with Crippen LogP contribution < -0.4 is 16.4 Å². The van der Waals surface area contributed by atoms with Gasteiger partial charge in [0.15, 0.2) is 0 Å². The highest BCUT2D eigenvalue weighted by Crippen LogP contribution is 2.29. The average molecular weight is 737 g/mol. The average Bonchev–Trinajstić information content (AvgIpc) is 3.56. The van der Waals surface area contributed by atoms with Gasteiger partial charge in [-0.3, -0.25) is 24.1 Å². The molecule has 0 aromatic heterocycles. The second-order valence-corrected chi connectivity index (χ2v) is 15.2. The molecule has 0 spiro atoms. The zero-order valence-electron chi connectivity index (χ0n) is 32.8. The molecule has 0 aliphatic carbocycles. The van der Waals surface area contributed by atoms with Crippen molar-refractivity contribution < 1.29 is 28.7 Å². The maximum Gasteiger partial charge on any atom is 0.246 e. The van der Waals surface area contributed by atoms with Crippen molar-refractivity contribution in [1.29, 1.82) is 0 Å². The molecule has 1 unspecified atom stereocenters. The third-order valence-electron chi connectivity index (χ3n) is 10.4. The maximum absolute atomic E-state index is 14.1. The van der Waals surface area contributed by atoms with Crippen molar-refractivity contribution in [2.24, 2.45) is 23.5 Å². The number of methoxy groups -OCH3 is 2. The van der Waals surface area contributed by atoms with Crippen LogP contribution in [0.15, 0.2) is 24.3 Å². The van der Waals surface area contributed by atoms with Crippen LogP contribution in [-0.2, 0) is 35.1 Å². The van der Waals surface area contributed by atoms with Gasteiger partial charge in [-0.1, -0.05) is 64.8 Å². The van der Waals surface area contributed by atoms with Crippen molar-refractivity contribution in [2.45, 2.75) is 116 Å². The first-order valence-corrected chi connectivity index (χ1v) is 18.7. The highest BCUT2D eigenvalue weighted by molar-refractivity contribution is 6.30. The number of hydrogen-bond donors (Lipinski definition) is 3. The molecule has 1 aromatic rings. The predicted molar refractivity (Wildman–Crippen MR) is 202 cm³/mol. The molecule has 1 fully saturated rings. The topological polar surface area (TPSA) is 147 Å². The molecule has 1 heterocycles. The lowest BCUT2D eigenvalue weighted by Gasteiger charge is -2.41. The fourth-order valence-electron chi connectivity index (χ4n) is 7.46.